The van der Waals surface area contributed by atoms with Crippen LogP contribution in [0.15, 0.2) is 72.2 Å². The summed E-state index contributed by atoms with van der Waals surface area (Å²) >= 11 is 0. The molecular weight excluding hydrogens is 576 g/mol. The molecule has 0 amide bonds. The lowest BCUT2D eigenvalue weighted by Gasteiger charge is -2.31. The molecule has 2 unspecified atom stereocenters. The molecule has 47 heavy (non-hydrogen) atoms. The highest BCUT2D eigenvalue weighted by Crippen LogP contribution is 2.43. The van der Waals surface area contributed by atoms with E-state index >= 15 is 0 Å². The highest BCUT2D eigenvalue weighted by molar-refractivity contribution is 5.84. The van der Waals surface area contributed by atoms with E-state index in [0.29, 0.717) is 11.3 Å². The van der Waals surface area contributed by atoms with Crippen molar-refractivity contribution in [3.63, 3.8) is 0 Å². The van der Waals surface area contributed by atoms with E-state index in [1.165, 1.54) is 46.7 Å². The van der Waals surface area contributed by atoms with Gasteiger partial charge >= 0.3 is 0 Å². The number of nitrogens with one attached hydrogen (secondary N) is 3. The normalized spacial score (nSPS) is 16.0. The zero-order chi connectivity index (χ0) is 35.3. The van der Waals surface area contributed by atoms with Crippen LogP contribution in [-0.4, -0.2) is 58.4 Å². The summed E-state index contributed by atoms with van der Waals surface area (Å²) in [5.41, 5.74) is 11.4. The van der Waals surface area contributed by atoms with Crippen molar-refractivity contribution in [3.05, 3.63) is 88.9 Å². The number of benzene rings is 2. The third kappa shape index (κ3) is 11.1. The molecule has 0 saturated heterocycles. The predicted molar refractivity (Wildman–Crippen MR) is 210 cm³/mol. The molecule has 4 rings (SSSR count). The zero-order valence-corrected chi connectivity index (χ0v) is 32.3. The average molecular weight is 645 g/mol. The van der Waals surface area contributed by atoms with Crippen molar-refractivity contribution in [2.45, 2.75) is 101 Å². The smallest absolute Gasteiger partial charge is 0.129 e. The van der Waals surface area contributed by atoms with Gasteiger partial charge in [-0.25, -0.2) is 0 Å². The number of dihydropyridines is 1. The van der Waals surface area contributed by atoms with Gasteiger partial charge in [0, 0.05) is 62.1 Å². The molecule has 2 heterocycles. The van der Waals surface area contributed by atoms with Gasteiger partial charge < -0.3 is 30.7 Å². The van der Waals surface area contributed by atoms with Crippen LogP contribution in [0.1, 0.15) is 97.3 Å². The van der Waals surface area contributed by atoms with Crippen LogP contribution in [-0.2, 0) is 0 Å². The van der Waals surface area contributed by atoms with Crippen molar-refractivity contribution in [2.24, 2.45) is 5.41 Å². The Morgan fingerprint density at radius 3 is 2.23 bits per heavy atom. The monoisotopic (exact) mass is 645 g/mol. The Bertz CT molecular complexity index is 1330. The fraction of sp³-hybridized carbons (Fsp3) is 0.561. The van der Waals surface area contributed by atoms with Gasteiger partial charge in [0.1, 0.15) is 6.17 Å². The highest BCUT2D eigenvalue weighted by Gasteiger charge is 2.34. The van der Waals surface area contributed by atoms with Gasteiger partial charge in [-0.3, -0.25) is 0 Å². The first-order valence-corrected chi connectivity index (χ1v) is 18.0. The van der Waals surface area contributed by atoms with Crippen LogP contribution in [0.25, 0.3) is 0 Å². The van der Waals surface area contributed by atoms with Gasteiger partial charge in [-0.1, -0.05) is 91.8 Å². The van der Waals surface area contributed by atoms with Crippen molar-refractivity contribution in [3.8, 4) is 0 Å². The molecule has 3 N–H and O–H groups in total. The van der Waals surface area contributed by atoms with Crippen molar-refractivity contribution in [1.82, 2.24) is 15.5 Å². The third-order valence-corrected chi connectivity index (χ3v) is 8.98. The van der Waals surface area contributed by atoms with Crippen molar-refractivity contribution in [1.29, 1.82) is 0 Å². The molecule has 0 bridgehead atoms. The van der Waals surface area contributed by atoms with Crippen LogP contribution in [0.4, 0.5) is 17.1 Å². The van der Waals surface area contributed by atoms with Crippen LogP contribution in [0, 0.1) is 19.3 Å². The molecule has 2 aromatic rings. The lowest BCUT2D eigenvalue weighted by Crippen LogP contribution is -2.39. The molecule has 0 aliphatic carbocycles. The van der Waals surface area contributed by atoms with Gasteiger partial charge in [-0.15, -0.1) is 0 Å². The number of hydrogen-bond acceptors (Lipinski definition) is 6. The van der Waals surface area contributed by atoms with Crippen molar-refractivity contribution in [2.75, 3.05) is 62.4 Å². The number of hydrogen-bond donors (Lipinski definition) is 3. The minimum absolute atomic E-state index is 0.00137. The van der Waals surface area contributed by atoms with Crippen LogP contribution in [0.5, 0.6) is 0 Å². The quantitative estimate of drug-likeness (QED) is 0.202. The summed E-state index contributed by atoms with van der Waals surface area (Å²) in [7, 11) is 6.42. The Morgan fingerprint density at radius 2 is 1.68 bits per heavy atom. The number of rotatable bonds is 13. The Morgan fingerprint density at radius 1 is 1.02 bits per heavy atom. The first kappa shape index (κ1) is 39.8. The number of aryl methyl sites for hydroxylation is 2. The van der Waals surface area contributed by atoms with Crippen LogP contribution in [0.2, 0.25) is 0 Å². The van der Waals surface area contributed by atoms with E-state index in [1.807, 2.05) is 20.0 Å². The SMILES string of the molecule is C=C1NC=CC(NCC(C)c2cccc(C)c2)=C1C1Nc2cc(N(CCC)CCC)cc(C)c2N1C.CC.CCC(C)(C)CN(C)C. The second-order valence-corrected chi connectivity index (χ2v) is 14.0. The van der Waals surface area contributed by atoms with E-state index in [0.717, 1.165) is 49.4 Å². The molecule has 262 valence electrons. The number of likely N-dealkylation sites (N-methyl/N-ethyl adjacent to an activating group) is 1. The molecule has 2 aliphatic rings. The molecule has 6 heteroatoms. The zero-order valence-electron chi connectivity index (χ0n) is 32.3. The maximum atomic E-state index is 4.37. The van der Waals surface area contributed by atoms with Gasteiger partial charge in [-0.2, -0.15) is 0 Å². The topological polar surface area (TPSA) is 45.8 Å². The standard InChI is InChI=1S/C31H43N5.C8H19N.C2H6/c1-8-15-36(16-9-2)26-18-22(4)30-28(19-26)34-31(35(30)7)29-24(6)32-14-13-27(29)33-20-23(5)25-12-10-11-21(3)17-25;1-6-8(2,3)7-9(4)5;1-2/h10-14,17-19,23,31-34H,6,8-9,15-16,20H2,1-5,7H3;6-7H2,1-5H3;1-2H3. The number of allylic oxidation sites excluding steroid dienone is 1. The van der Waals surface area contributed by atoms with Gasteiger partial charge in [0.15, 0.2) is 0 Å². The molecule has 0 saturated carbocycles. The van der Waals surface area contributed by atoms with Gasteiger partial charge in [-0.05, 0) is 87.9 Å². The molecule has 0 aromatic heterocycles. The van der Waals surface area contributed by atoms with Gasteiger partial charge in [0.05, 0.1) is 11.4 Å². The second kappa shape index (κ2) is 18.8. The van der Waals surface area contributed by atoms with Crippen molar-refractivity contribution >= 4 is 17.1 Å². The average Bonchev–Trinajstić information content (AvgIpc) is 3.36. The molecule has 6 nitrogen and oxygen atoms in total. The lowest BCUT2D eigenvalue weighted by atomic mass is 9.90. The van der Waals surface area contributed by atoms with Crippen LogP contribution >= 0.6 is 0 Å². The fourth-order valence-electron chi connectivity index (χ4n) is 6.42. The van der Waals surface area contributed by atoms with E-state index < -0.39 is 0 Å². The minimum Gasteiger partial charge on any atom is -0.384 e. The van der Waals surface area contributed by atoms with Crippen LogP contribution < -0.4 is 25.8 Å². The van der Waals surface area contributed by atoms with Crippen LogP contribution in [0.3, 0.4) is 0 Å². The molecule has 2 atom stereocenters. The molecular formula is C41H68N6. The molecule has 2 aliphatic heterocycles. The van der Waals surface area contributed by atoms with Gasteiger partial charge in [0.25, 0.3) is 0 Å². The Hall–Kier alpha value is -3.38. The number of fused-ring (bicyclic) bond motifs is 1. The Balaban J connectivity index is 0.000000605. The summed E-state index contributed by atoms with van der Waals surface area (Å²) in [6.45, 7) is 30.6. The first-order valence-electron chi connectivity index (χ1n) is 18.0. The van der Waals surface area contributed by atoms with E-state index in [4.69, 9.17) is 0 Å². The summed E-state index contributed by atoms with van der Waals surface area (Å²) in [4.78, 5) is 7.10. The molecule has 0 fully saturated rings. The van der Waals surface area contributed by atoms with Gasteiger partial charge in [0.2, 0.25) is 0 Å². The molecule has 0 radical (unpaired) electrons. The summed E-state index contributed by atoms with van der Waals surface area (Å²) in [5, 5.41) is 10.9. The second-order valence-electron chi connectivity index (χ2n) is 14.0. The maximum Gasteiger partial charge on any atom is 0.129 e. The Labute approximate surface area is 289 Å². The minimum atomic E-state index is 0.00137. The third-order valence-electron chi connectivity index (χ3n) is 8.98. The van der Waals surface area contributed by atoms with Crippen molar-refractivity contribution < 1.29 is 0 Å². The summed E-state index contributed by atoms with van der Waals surface area (Å²) in [5.74, 6) is 0.398. The Kier molecular flexibility index (Phi) is 15.9. The largest absolute Gasteiger partial charge is 0.384 e. The summed E-state index contributed by atoms with van der Waals surface area (Å²) in [6, 6.07) is 13.5. The molecule has 0 spiro atoms. The fourth-order valence-corrected chi connectivity index (χ4v) is 6.42. The molecule has 2 aromatic carbocycles. The van der Waals surface area contributed by atoms with E-state index in [2.05, 4.69) is 156 Å². The van der Waals surface area contributed by atoms with E-state index in [-0.39, 0.29) is 6.17 Å². The predicted octanol–water partition coefficient (Wildman–Crippen LogP) is 9.41. The highest BCUT2D eigenvalue weighted by atomic mass is 15.3. The number of anilines is 3. The lowest BCUT2D eigenvalue weighted by molar-refractivity contribution is 0.233. The maximum absolute atomic E-state index is 4.37. The summed E-state index contributed by atoms with van der Waals surface area (Å²) < 4.78 is 0. The first-order chi connectivity index (χ1) is 22.3. The summed E-state index contributed by atoms with van der Waals surface area (Å²) in [6.07, 6.45) is 7.66. The number of nitrogens with zero attached hydrogens (tertiary/aromatic N) is 3. The van der Waals surface area contributed by atoms with E-state index in [9.17, 15) is 0 Å². The van der Waals surface area contributed by atoms with E-state index in [1.54, 1.807) is 0 Å².